The maximum Gasteiger partial charge on any atom is 0.240 e. The lowest BCUT2D eigenvalue weighted by Crippen LogP contribution is -2.42. The van der Waals surface area contributed by atoms with Crippen molar-refractivity contribution in [3.05, 3.63) is 69.2 Å². The number of hydrogen-bond acceptors (Lipinski definition) is 2. The Morgan fingerprint density at radius 1 is 1.14 bits per heavy atom. The zero-order valence-corrected chi connectivity index (χ0v) is 13.4. The van der Waals surface area contributed by atoms with E-state index in [1.54, 1.807) is 23.1 Å². The van der Waals surface area contributed by atoms with Gasteiger partial charge in [0.15, 0.2) is 0 Å². The van der Waals surface area contributed by atoms with Crippen LogP contribution in [-0.2, 0) is 24.3 Å². The third kappa shape index (κ3) is 3.12. The van der Waals surface area contributed by atoms with Gasteiger partial charge in [0, 0.05) is 23.1 Å². The summed E-state index contributed by atoms with van der Waals surface area (Å²) < 4.78 is 0. The Balaban J connectivity index is 1.70. The summed E-state index contributed by atoms with van der Waals surface area (Å²) in [5, 5.41) is 1.17. The molecule has 0 saturated heterocycles. The van der Waals surface area contributed by atoms with Crippen LogP contribution in [0.4, 0.5) is 0 Å². The van der Waals surface area contributed by atoms with Crippen molar-refractivity contribution in [3.63, 3.8) is 0 Å². The minimum atomic E-state index is -0.620. The highest BCUT2D eigenvalue weighted by molar-refractivity contribution is 6.33. The van der Waals surface area contributed by atoms with Gasteiger partial charge in [0.1, 0.15) is 0 Å². The lowest BCUT2D eigenvalue weighted by Gasteiger charge is -2.20. The van der Waals surface area contributed by atoms with Crippen molar-refractivity contribution < 1.29 is 4.79 Å². The minimum absolute atomic E-state index is 0.0627. The van der Waals surface area contributed by atoms with Crippen molar-refractivity contribution in [1.29, 1.82) is 0 Å². The summed E-state index contributed by atoms with van der Waals surface area (Å²) >= 11 is 12.1. The lowest BCUT2D eigenvalue weighted by atomic mass is 10.1. The fourth-order valence-electron chi connectivity index (χ4n) is 2.75. The molecular weight excluding hydrogens is 319 g/mol. The zero-order chi connectivity index (χ0) is 15.7. The predicted octanol–water partition coefficient (Wildman–Crippen LogP) is 3.41. The Kier molecular flexibility index (Phi) is 4.39. The largest absolute Gasteiger partial charge is 0.333 e. The van der Waals surface area contributed by atoms with Gasteiger partial charge in [-0.2, -0.15) is 0 Å². The van der Waals surface area contributed by atoms with E-state index < -0.39 is 6.04 Å². The maximum atomic E-state index is 12.5. The highest BCUT2D eigenvalue weighted by atomic mass is 35.5. The quantitative estimate of drug-likeness (QED) is 0.934. The van der Waals surface area contributed by atoms with Crippen LogP contribution < -0.4 is 5.73 Å². The highest BCUT2D eigenvalue weighted by Crippen LogP contribution is 2.25. The predicted molar refractivity (Wildman–Crippen MR) is 88.8 cm³/mol. The first-order chi connectivity index (χ1) is 10.5. The van der Waals surface area contributed by atoms with E-state index in [4.69, 9.17) is 28.9 Å². The van der Waals surface area contributed by atoms with E-state index in [1.807, 2.05) is 24.3 Å². The molecule has 0 spiro atoms. The number of fused-ring (bicyclic) bond motifs is 1. The number of carbonyl (C=O) groups is 1. The number of amides is 1. The van der Waals surface area contributed by atoms with E-state index >= 15 is 0 Å². The molecule has 1 unspecified atom stereocenters. The molecule has 1 aliphatic rings. The third-order valence-electron chi connectivity index (χ3n) is 3.92. The zero-order valence-electron chi connectivity index (χ0n) is 11.9. The van der Waals surface area contributed by atoms with Gasteiger partial charge in [-0.25, -0.2) is 0 Å². The Hall–Kier alpha value is -1.55. The normalized spacial score (nSPS) is 14.8. The van der Waals surface area contributed by atoms with Crippen molar-refractivity contribution in [2.45, 2.75) is 25.6 Å². The van der Waals surface area contributed by atoms with Crippen molar-refractivity contribution in [2.75, 3.05) is 0 Å². The Labute approximate surface area is 139 Å². The molecule has 3 rings (SSSR count). The van der Waals surface area contributed by atoms with E-state index in [2.05, 4.69) is 0 Å². The topological polar surface area (TPSA) is 46.3 Å². The van der Waals surface area contributed by atoms with Gasteiger partial charge in [0.2, 0.25) is 5.91 Å². The van der Waals surface area contributed by atoms with E-state index in [-0.39, 0.29) is 5.91 Å². The molecule has 2 N–H and O–H groups in total. The van der Waals surface area contributed by atoms with Crippen LogP contribution in [0.3, 0.4) is 0 Å². The Morgan fingerprint density at radius 3 is 2.41 bits per heavy atom. The molecule has 22 heavy (non-hydrogen) atoms. The number of carbonyl (C=O) groups excluding carboxylic acids is 1. The number of rotatable bonds is 3. The molecule has 2 aromatic rings. The van der Waals surface area contributed by atoms with Gasteiger partial charge in [0.25, 0.3) is 0 Å². The summed E-state index contributed by atoms with van der Waals surface area (Å²) in [4.78, 5) is 14.3. The molecule has 5 heteroatoms. The molecule has 0 aliphatic carbocycles. The van der Waals surface area contributed by atoms with Crippen molar-refractivity contribution in [3.8, 4) is 0 Å². The van der Waals surface area contributed by atoms with Gasteiger partial charge in [0.05, 0.1) is 6.04 Å². The molecule has 1 atom stereocenters. The van der Waals surface area contributed by atoms with Gasteiger partial charge in [-0.3, -0.25) is 4.79 Å². The molecule has 3 nitrogen and oxygen atoms in total. The van der Waals surface area contributed by atoms with Crippen LogP contribution >= 0.6 is 23.2 Å². The van der Waals surface area contributed by atoms with E-state index in [0.717, 1.165) is 5.56 Å². The first-order valence-electron chi connectivity index (χ1n) is 7.09. The lowest BCUT2D eigenvalue weighted by molar-refractivity contribution is -0.133. The minimum Gasteiger partial charge on any atom is -0.333 e. The molecule has 0 aromatic heterocycles. The van der Waals surface area contributed by atoms with Gasteiger partial charge < -0.3 is 10.6 Å². The summed E-state index contributed by atoms with van der Waals surface area (Å²) in [7, 11) is 0. The number of halogens is 2. The van der Waals surface area contributed by atoms with E-state index in [9.17, 15) is 4.79 Å². The van der Waals surface area contributed by atoms with Crippen LogP contribution in [0.2, 0.25) is 10.0 Å². The second-order valence-corrected chi connectivity index (χ2v) is 6.35. The summed E-state index contributed by atoms with van der Waals surface area (Å²) in [5.74, 6) is -0.0627. The fourth-order valence-corrected chi connectivity index (χ4v) is 3.14. The van der Waals surface area contributed by atoms with Gasteiger partial charge >= 0.3 is 0 Å². The Morgan fingerprint density at radius 2 is 1.77 bits per heavy atom. The van der Waals surface area contributed by atoms with Crippen LogP contribution in [0, 0.1) is 0 Å². The van der Waals surface area contributed by atoms with Gasteiger partial charge in [-0.15, -0.1) is 0 Å². The molecule has 114 valence electrons. The molecular formula is C17H16Cl2N2O. The summed E-state index contributed by atoms with van der Waals surface area (Å²) in [6.45, 7) is 1.23. The molecule has 1 heterocycles. The van der Waals surface area contributed by atoms with Crippen LogP contribution in [0.5, 0.6) is 0 Å². The average Bonchev–Trinajstić information content (AvgIpc) is 2.94. The Bertz CT molecular complexity index is 693. The average molecular weight is 335 g/mol. The van der Waals surface area contributed by atoms with Crippen LogP contribution in [0.1, 0.15) is 16.7 Å². The molecule has 2 aromatic carbocycles. The van der Waals surface area contributed by atoms with Crippen molar-refractivity contribution in [1.82, 2.24) is 4.90 Å². The van der Waals surface area contributed by atoms with Gasteiger partial charge in [-0.1, -0.05) is 47.5 Å². The summed E-state index contributed by atoms with van der Waals surface area (Å²) in [6, 6.07) is 12.6. The van der Waals surface area contributed by atoms with Gasteiger partial charge in [-0.05, 0) is 41.3 Å². The number of benzene rings is 2. The number of nitrogens with two attached hydrogens (primary N) is 1. The molecule has 1 aliphatic heterocycles. The number of nitrogens with zero attached hydrogens (tertiary/aromatic N) is 1. The first kappa shape index (κ1) is 15.3. The smallest absolute Gasteiger partial charge is 0.240 e. The molecule has 1 amide bonds. The third-order valence-corrected chi connectivity index (χ3v) is 4.52. The van der Waals surface area contributed by atoms with E-state index in [1.165, 1.54) is 11.1 Å². The molecule has 0 fully saturated rings. The summed E-state index contributed by atoms with van der Waals surface area (Å²) in [6.07, 6.45) is 0.380. The summed E-state index contributed by atoms with van der Waals surface area (Å²) in [5.41, 5.74) is 9.26. The SMILES string of the molecule is NC(Cc1cc(Cl)ccc1Cl)C(=O)N1Cc2ccccc2C1. The van der Waals surface area contributed by atoms with Crippen LogP contribution in [0.25, 0.3) is 0 Å². The van der Waals surface area contributed by atoms with Crippen LogP contribution in [0.15, 0.2) is 42.5 Å². The highest BCUT2D eigenvalue weighted by Gasteiger charge is 2.27. The van der Waals surface area contributed by atoms with Crippen molar-refractivity contribution >= 4 is 29.1 Å². The molecule has 0 saturated carbocycles. The molecule has 0 radical (unpaired) electrons. The van der Waals surface area contributed by atoms with Crippen molar-refractivity contribution in [2.24, 2.45) is 5.73 Å². The fraction of sp³-hybridized carbons (Fsp3) is 0.235. The number of hydrogen-bond donors (Lipinski definition) is 1. The monoisotopic (exact) mass is 334 g/mol. The second kappa shape index (κ2) is 6.29. The first-order valence-corrected chi connectivity index (χ1v) is 7.85. The molecule has 0 bridgehead atoms. The van der Waals surface area contributed by atoms with Crippen LogP contribution in [-0.4, -0.2) is 16.8 Å². The maximum absolute atomic E-state index is 12.5. The van der Waals surface area contributed by atoms with E-state index in [0.29, 0.717) is 29.6 Å². The second-order valence-electron chi connectivity index (χ2n) is 5.51. The standard InChI is InChI=1S/C17H16Cl2N2O/c18-14-5-6-15(19)13(7-14)8-16(20)17(22)21-9-11-3-1-2-4-12(11)10-21/h1-7,16H,8-10,20H2.